The number of benzene rings is 2. The van der Waals surface area contributed by atoms with Crippen LogP contribution in [0.3, 0.4) is 0 Å². The van der Waals surface area contributed by atoms with Crippen LogP contribution >= 0.6 is 11.8 Å². The highest BCUT2D eigenvalue weighted by atomic mass is 32.2. The Morgan fingerprint density at radius 2 is 1.86 bits per heavy atom. The second-order valence-electron chi connectivity index (χ2n) is 6.33. The minimum Gasteiger partial charge on any atom is -0.493 e. The van der Waals surface area contributed by atoms with E-state index in [1.807, 2.05) is 36.4 Å². The van der Waals surface area contributed by atoms with Gasteiger partial charge in [0.2, 0.25) is 11.8 Å². The number of thioether (sulfide) groups is 1. The molecule has 1 heterocycles. The van der Waals surface area contributed by atoms with E-state index in [0.717, 1.165) is 21.9 Å². The number of methoxy groups -OCH3 is 2. The number of hydrogen-bond acceptors (Lipinski definition) is 5. The monoisotopic (exact) mass is 400 g/mol. The molecule has 28 heavy (non-hydrogen) atoms. The SMILES string of the molecule is COc1ccc(CNC(=O)CCC(=O)N2CCSc3ccccc32)cc1OC. The van der Waals surface area contributed by atoms with Crippen LogP contribution in [0.25, 0.3) is 0 Å². The molecule has 0 saturated heterocycles. The summed E-state index contributed by atoms with van der Waals surface area (Å²) in [4.78, 5) is 27.7. The minimum absolute atomic E-state index is 0.0194. The quantitative estimate of drug-likeness (QED) is 0.773. The zero-order chi connectivity index (χ0) is 19.9. The van der Waals surface area contributed by atoms with E-state index in [2.05, 4.69) is 5.32 Å². The molecule has 7 heteroatoms. The number of rotatable bonds is 7. The standard InChI is InChI=1S/C21H24N2O4S/c1-26-17-8-7-15(13-18(17)27-2)14-22-20(24)9-10-21(25)23-11-12-28-19-6-4-3-5-16(19)23/h3-8,13H,9-12,14H2,1-2H3,(H,22,24). The summed E-state index contributed by atoms with van der Waals surface area (Å²) < 4.78 is 10.5. The average Bonchev–Trinajstić information content (AvgIpc) is 2.75. The largest absolute Gasteiger partial charge is 0.493 e. The van der Waals surface area contributed by atoms with Crippen molar-refractivity contribution in [1.29, 1.82) is 0 Å². The van der Waals surface area contributed by atoms with Crippen LogP contribution in [-0.4, -0.2) is 38.3 Å². The fourth-order valence-electron chi connectivity index (χ4n) is 3.06. The Morgan fingerprint density at radius 3 is 2.64 bits per heavy atom. The molecule has 1 aliphatic heterocycles. The first-order valence-electron chi connectivity index (χ1n) is 9.12. The molecule has 2 amide bonds. The summed E-state index contributed by atoms with van der Waals surface area (Å²) in [6.45, 7) is 1.05. The van der Waals surface area contributed by atoms with Gasteiger partial charge in [0, 0.05) is 36.6 Å². The van der Waals surface area contributed by atoms with Crippen molar-refractivity contribution >= 4 is 29.3 Å². The van der Waals surface area contributed by atoms with Crippen molar-refractivity contribution < 1.29 is 19.1 Å². The van der Waals surface area contributed by atoms with E-state index in [-0.39, 0.29) is 24.7 Å². The molecule has 6 nitrogen and oxygen atoms in total. The number of ether oxygens (including phenoxy) is 2. The second kappa shape index (κ2) is 9.50. The van der Waals surface area contributed by atoms with E-state index in [1.165, 1.54) is 0 Å². The first-order valence-corrected chi connectivity index (χ1v) is 10.1. The third-order valence-electron chi connectivity index (χ3n) is 4.53. The van der Waals surface area contributed by atoms with Gasteiger partial charge < -0.3 is 19.7 Å². The molecule has 1 N–H and O–H groups in total. The summed E-state index contributed by atoms with van der Waals surface area (Å²) in [7, 11) is 3.15. The topological polar surface area (TPSA) is 67.9 Å². The molecule has 2 aromatic rings. The summed E-state index contributed by atoms with van der Waals surface area (Å²) in [5.41, 5.74) is 1.84. The number of nitrogens with one attached hydrogen (secondary N) is 1. The number of amides is 2. The highest BCUT2D eigenvalue weighted by molar-refractivity contribution is 7.99. The van der Waals surface area contributed by atoms with Gasteiger partial charge in [-0.2, -0.15) is 0 Å². The van der Waals surface area contributed by atoms with Crippen LogP contribution in [0.15, 0.2) is 47.4 Å². The number of anilines is 1. The highest BCUT2D eigenvalue weighted by Gasteiger charge is 2.22. The lowest BCUT2D eigenvalue weighted by Crippen LogP contribution is -2.36. The number of nitrogens with zero attached hydrogens (tertiary/aromatic N) is 1. The van der Waals surface area contributed by atoms with Crippen molar-refractivity contribution in [2.45, 2.75) is 24.3 Å². The fourth-order valence-corrected chi connectivity index (χ4v) is 4.06. The zero-order valence-electron chi connectivity index (χ0n) is 16.1. The molecule has 0 saturated carbocycles. The lowest BCUT2D eigenvalue weighted by Gasteiger charge is -2.29. The van der Waals surface area contributed by atoms with Gasteiger partial charge in [-0.15, -0.1) is 11.8 Å². The van der Waals surface area contributed by atoms with Gasteiger partial charge in [-0.25, -0.2) is 0 Å². The molecular formula is C21H24N2O4S. The van der Waals surface area contributed by atoms with Crippen molar-refractivity contribution in [3.63, 3.8) is 0 Å². The van der Waals surface area contributed by atoms with Crippen LogP contribution in [0, 0.1) is 0 Å². The van der Waals surface area contributed by atoms with E-state index in [1.54, 1.807) is 36.9 Å². The smallest absolute Gasteiger partial charge is 0.227 e. The number of fused-ring (bicyclic) bond motifs is 1. The number of carbonyl (C=O) groups is 2. The van der Waals surface area contributed by atoms with Crippen LogP contribution < -0.4 is 19.7 Å². The molecule has 3 rings (SSSR count). The summed E-state index contributed by atoms with van der Waals surface area (Å²) in [5.74, 6) is 1.96. The fraction of sp³-hybridized carbons (Fsp3) is 0.333. The normalized spacial score (nSPS) is 12.9. The molecule has 0 fully saturated rings. The summed E-state index contributed by atoms with van der Waals surface area (Å²) in [6.07, 6.45) is 0.356. The maximum Gasteiger partial charge on any atom is 0.227 e. The first-order chi connectivity index (χ1) is 13.6. The Balaban J connectivity index is 1.50. The maximum absolute atomic E-state index is 12.6. The first kappa shape index (κ1) is 20.1. The van der Waals surface area contributed by atoms with Gasteiger partial charge in [-0.3, -0.25) is 9.59 Å². The number of para-hydroxylation sites is 1. The van der Waals surface area contributed by atoms with Crippen molar-refractivity contribution in [3.05, 3.63) is 48.0 Å². The van der Waals surface area contributed by atoms with E-state index >= 15 is 0 Å². The molecule has 0 bridgehead atoms. The number of carbonyl (C=O) groups excluding carboxylic acids is 2. The molecule has 0 radical (unpaired) electrons. The van der Waals surface area contributed by atoms with Crippen molar-refractivity contribution in [3.8, 4) is 11.5 Å². The molecule has 0 spiro atoms. The van der Waals surface area contributed by atoms with Gasteiger partial charge in [0.05, 0.1) is 19.9 Å². The Hall–Kier alpha value is -2.67. The Morgan fingerprint density at radius 1 is 1.07 bits per heavy atom. The average molecular weight is 401 g/mol. The maximum atomic E-state index is 12.6. The van der Waals surface area contributed by atoms with Crippen molar-refractivity contribution in [2.75, 3.05) is 31.4 Å². The van der Waals surface area contributed by atoms with Crippen LogP contribution in [0.2, 0.25) is 0 Å². The van der Waals surface area contributed by atoms with Crippen molar-refractivity contribution in [1.82, 2.24) is 5.32 Å². The van der Waals surface area contributed by atoms with E-state index in [4.69, 9.17) is 9.47 Å². The van der Waals surface area contributed by atoms with Crippen LogP contribution in [0.4, 0.5) is 5.69 Å². The van der Waals surface area contributed by atoms with Gasteiger partial charge >= 0.3 is 0 Å². The molecule has 148 valence electrons. The van der Waals surface area contributed by atoms with E-state index < -0.39 is 0 Å². The second-order valence-corrected chi connectivity index (χ2v) is 7.46. The zero-order valence-corrected chi connectivity index (χ0v) is 16.9. The van der Waals surface area contributed by atoms with Gasteiger partial charge in [0.25, 0.3) is 0 Å². The Bertz CT molecular complexity index is 856. The van der Waals surface area contributed by atoms with Gasteiger partial charge in [0.15, 0.2) is 11.5 Å². The third-order valence-corrected chi connectivity index (χ3v) is 5.58. The third kappa shape index (κ3) is 4.78. The summed E-state index contributed by atoms with van der Waals surface area (Å²) >= 11 is 1.75. The molecule has 1 aliphatic rings. The van der Waals surface area contributed by atoms with Crippen molar-refractivity contribution in [2.24, 2.45) is 0 Å². The lowest BCUT2D eigenvalue weighted by molar-refractivity contribution is -0.125. The predicted octanol–water partition coefficient (Wildman–Crippen LogP) is 3.24. The van der Waals surface area contributed by atoms with Gasteiger partial charge in [-0.05, 0) is 29.8 Å². The summed E-state index contributed by atoms with van der Waals surface area (Å²) in [6, 6.07) is 13.4. The minimum atomic E-state index is -0.150. The Kier molecular flexibility index (Phi) is 6.81. The molecule has 2 aromatic carbocycles. The molecule has 0 aliphatic carbocycles. The molecular weight excluding hydrogens is 376 g/mol. The van der Waals surface area contributed by atoms with Gasteiger partial charge in [0.1, 0.15) is 0 Å². The lowest BCUT2D eigenvalue weighted by atomic mass is 10.2. The summed E-state index contributed by atoms with van der Waals surface area (Å²) in [5, 5.41) is 2.86. The number of hydrogen-bond donors (Lipinski definition) is 1. The van der Waals surface area contributed by atoms with Crippen LogP contribution in [0.5, 0.6) is 11.5 Å². The van der Waals surface area contributed by atoms with Gasteiger partial charge in [-0.1, -0.05) is 18.2 Å². The van der Waals surface area contributed by atoms with Crippen LogP contribution in [-0.2, 0) is 16.1 Å². The van der Waals surface area contributed by atoms with E-state index in [0.29, 0.717) is 24.6 Å². The molecule has 0 atom stereocenters. The van der Waals surface area contributed by atoms with Crippen LogP contribution in [0.1, 0.15) is 18.4 Å². The predicted molar refractivity (Wildman–Crippen MR) is 110 cm³/mol. The van der Waals surface area contributed by atoms with E-state index in [9.17, 15) is 9.59 Å². The highest BCUT2D eigenvalue weighted by Crippen LogP contribution is 2.34. The molecule has 0 aromatic heterocycles. The molecule has 0 unspecified atom stereocenters. The Labute approximate surface area is 169 Å².